The number of hydrogen-bond donors (Lipinski definition) is 1. The highest BCUT2D eigenvalue weighted by Crippen LogP contribution is 2.54. The molecule has 1 heterocycles. The predicted molar refractivity (Wildman–Crippen MR) is 187 cm³/mol. The van der Waals surface area contributed by atoms with Crippen LogP contribution in [-0.2, 0) is 17.6 Å². The lowest BCUT2D eigenvalue weighted by Gasteiger charge is -2.42. The summed E-state index contributed by atoms with van der Waals surface area (Å²) in [6, 6.07) is 43.0. The summed E-state index contributed by atoms with van der Waals surface area (Å²) in [6.45, 7) is 0.740. The summed E-state index contributed by atoms with van der Waals surface area (Å²) in [5.74, 6) is 3.52. The van der Waals surface area contributed by atoms with Crippen LogP contribution in [0.3, 0.4) is 0 Å². The first-order chi connectivity index (χ1) is 22.2. The summed E-state index contributed by atoms with van der Waals surface area (Å²) in [5, 5.41) is 10.4. The molecule has 0 bridgehead atoms. The van der Waals surface area contributed by atoms with Crippen LogP contribution in [0.25, 0.3) is 0 Å². The second-order valence-corrected chi connectivity index (χ2v) is 13.2. The highest BCUT2D eigenvalue weighted by molar-refractivity contribution is 7.98. The molecule has 1 atom stereocenters. The van der Waals surface area contributed by atoms with Crippen LogP contribution in [0.4, 0.5) is 0 Å². The Bertz CT molecular complexity index is 1570. The number of thioether (sulfide) groups is 1. The van der Waals surface area contributed by atoms with Crippen LogP contribution in [0.2, 0.25) is 0 Å². The van der Waals surface area contributed by atoms with E-state index in [-0.39, 0.29) is 11.3 Å². The van der Waals surface area contributed by atoms with Crippen molar-refractivity contribution in [1.29, 1.82) is 0 Å². The van der Waals surface area contributed by atoms with Crippen LogP contribution >= 0.6 is 11.8 Å². The number of benzene rings is 4. The molecule has 0 fully saturated rings. The molecule has 0 aliphatic heterocycles. The number of aryl methyl sites for hydroxylation is 1. The number of aromatic nitrogens is 1. The van der Waals surface area contributed by atoms with Crippen molar-refractivity contribution in [2.45, 2.75) is 62.0 Å². The number of hydrogen-bond acceptors (Lipinski definition) is 4. The molecule has 230 valence electrons. The summed E-state index contributed by atoms with van der Waals surface area (Å²) in [4.78, 5) is 4.40. The van der Waals surface area contributed by atoms with Crippen LogP contribution in [0, 0.1) is 0 Å². The van der Waals surface area contributed by atoms with Gasteiger partial charge in [0.1, 0.15) is 11.5 Å². The van der Waals surface area contributed by atoms with E-state index in [2.05, 4.69) is 108 Å². The van der Waals surface area contributed by atoms with Gasteiger partial charge in [-0.15, -0.1) is 0 Å². The topological polar surface area (TPSA) is 42.4 Å². The summed E-state index contributed by atoms with van der Waals surface area (Å²) in [5.41, 5.74) is 7.38. The first-order valence-corrected chi connectivity index (χ1v) is 17.5. The zero-order valence-corrected chi connectivity index (χ0v) is 26.8. The Morgan fingerprint density at radius 1 is 0.756 bits per heavy atom. The molecule has 0 saturated heterocycles. The van der Waals surface area contributed by atoms with E-state index in [9.17, 15) is 5.11 Å². The van der Waals surface area contributed by atoms with E-state index in [1.807, 2.05) is 36.2 Å². The number of unbranched alkanes of at least 4 members (excludes halogenated alkanes) is 3. The minimum absolute atomic E-state index is 0.0880. The summed E-state index contributed by atoms with van der Waals surface area (Å²) in [7, 11) is 0. The molecule has 0 radical (unpaired) electrons. The van der Waals surface area contributed by atoms with Crippen molar-refractivity contribution in [1.82, 2.24) is 4.98 Å². The first kappa shape index (κ1) is 31.0. The van der Waals surface area contributed by atoms with Gasteiger partial charge in [-0.2, -0.15) is 11.8 Å². The maximum Gasteiger partial charge on any atom is 0.119 e. The lowest BCUT2D eigenvalue weighted by atomic mass is 9.60. The molecular formula is C41H43NO2S. The van der Waals surface area contributed by atoms with Gasteiger partial charge in [-0.1, -0.05) is 97.8 Å². The van der Waals surface area contributed by atoms with E-state index in [1.54, 1.807) is 0 Å². The van der Waals surface area contributed by atoms with Crippen LogP contribution in [0.1, 0.15) is 78.0 Å². The number of pyridine rings is 1. The number of nitrogens with zero attached hydrogens (tertiary/aromatic N) is 1. The van der Waals surface area contributed by atoms with Crippen molar-refractivity contribution in [3.8, 4) is 11.5 Å². The van der Waals surface area contributed by atoms with Gasteiger partial charge in [0.05, 0.1) is 12.3 Å². The Labute approximate surface area is 272 Å². The minimum atomic E-state index is -0.247. The van der Waals surface area contributed by atoms with Gasteiger partial charge in [-0.05, 0) is 102 Å². The summed E-state index contributed by atoms with van der Waals surface area (Å²) < 4.78 is 6.22. The van der Waals surface area contributed by atoms with Crippen molar-refractivity contribution in [2.75, 3.05) is 12.4 Å². The van der Waals surface area contributed by atoms with Gasteiger partial charge in [-0.25, -0.2) is 0 Å². The second kappa shape index (κ2) is 15.3. The largest absolute Gasteiger partial charge is 0.508 e. The molecule has 1 aliphatic carbocycles. The molecule has 4 heteroatoms. The number of phenolic OH excluding ortho intramolecular Hbond substituents is 1. The maximum atomic E-state index is 10.4. The average molecular weight is 614 g/mol. The van der Waals surface area contributed by atoms with Crippen LogP contribution in [0.5, 0.6) is 11.5 Å². The van der Waals surface area contributed by atoms with Crippen LogP contribution < -0.4 is 4.74 Å². The van der Waals surface area contributed by atoms with E-state index in [1.165, 1.54) is 52.8 Å². The van der Waals surface area contributed by atoms with Crippen molar-refractivity contribution in [3.63, 3.8) is 0 Å². The van der Waals surface area contributed by atoms with E-state index < -0.39 is 0 Å². The standard InChI is InChI=1S/C41H43NO2S/c43-37-22-25-39-33(30-37)14-13-26-41(34-15-5-3-6-16-34,35-17-7-4-8-18-35)40(39)32-20-23-38(24-21-32)44-28-11-1-2-12-29-45-31-36-19-9-10-27-42-36/h3-10,15-25,27,30,40,43H,1-2,11-14,26,28-29,31H2. The number of aromatic hydroxyl groups is 1. The third-order valence-corrected chi connectivity index (χ3v) is 10.2. The smallest absolute Gasteiger partial charge is 0.119 e. The first-order valence-electron chi connectivity index (χ1n) is 16.4. The summed E-state index contributed by atoms with van der Waals surface area (Å²) in [6.07, 6.45) is 9.59. The fourth-order valence-electron chi connectivity index (χ4n) is 7.05. The SMILES string of the molecule is Oc1ccc2c(c1)CCCC(c1ccccc1)(c1ccccc1)C2c1ccc(OCCCCCCSCc2ccccn2)cc1. The Morgan fingerprint density at radius 3 is 2.18 bits per heavy atom. The van der Waals surface area contributed by atoms with Crippen molar-refractivity contribution < 1.29 is 9.84 Å². The van der Waals surface area contributed by atoms with Gasteiger partial charge in [0, 0.05) is 23.3 Å². The molecule has 45 heavy (non-hydrogen) atoms. The Balaban J connectivity index is 1.16. The van der Waals surface area contributed by atoms with Crippen molar-refractivity contribution in [3.05, 3.63) is 161 Å². The van der Waals surface area contributed by atoms with E-state index in [4.69, 9.17) is 4.74 Å². The average Bonchev–Trinajstić information content (AvgIpc) is 3.26. The van der Waals surface area contributed by atoms with Gasteiger partial charge in [0.25, 0.3) is 0 Å². The molecule has 6 rings (SSSR count). The Kier molecular flexibility index (Phi) is 10.5. The predicted octanol–water partition coefficient (Wildman–Crippen LogP) is 10.1. The molecule has 3 nitrogen and oxygen atoms in total. The molecule has 0 saturated carbocycles. The minimum Gasteiger partial charge on any atom is -0.508 e. The zero-order chi connectivity index (χ0) is 30.7. The molecule has 1 N–H and O–H groups in total. The van der Waals surface area contributed by atoms with E-state index in [0.717, 1.165) is 49.5 Å². The third-order valence-electron chi connectivity index (χ3n) is 9.17. The highest BCUT2D eigenvalue weighted by Gasteiger charge is 2.45. The molecule has 1 unspecified atom stereocenters. The molecule has 1 aromatic heterocycles. The number of phenols is 1. The lowest BCUT2D eigenvalue weighted by molar-refractivity contribution is 0.305. The fraction of sp³-hybridized carbons (Fsp3) is 0.293. The number of fused-ring (bicyclic) bond motifs is 1. The third kappa shape index (κ3) is 7.45. The van der Waals surface area contributed by atoms with Crippen LogP contribution in [-0.4, -0.2) is 22.5 Å². The van der Waals surface area contributed by atoms with E-state index in [0.29, 0.717) is 5.75 Å². The maximum absolute atomic E-state index is 10.4. The molecule has 1 aliphatic rings. The Morgan fingerprint density at radius 2 is 1.47 bits per heavy atom. The normalized spacial score (nSPS) is 15.6. The second-order valence-electron chi connectivity index (χ2n) is 12.1. The van der Waals surface area contributed by atoms with E-state index >= 15 is 0 Å². The van der Waals surface area contributed by atoms with Gasteiger partial charge >= 0.3 is 0 Å². The lowest BCUT2D eigenvalue weighted by Crippen LogP contribution is -2.35. The van der Waals surface area contributed by atoms with Gasteiger partial charge in [0.2, 0.25) is 0 Å². The zero-order valence-electron chi connectivity index (χ0n) is 26.0. The highest BCUT2D eigenvalue weighted by atomic mass is 32.2. The van der Waals surface area contributed by atoms with Gasteiger partial charge in [0.15, 0.2) is 0 Å². The number of rotatable bonds is 13. The van der Waals surface area contributed by atoms with Crippen molar-refractivity contribution >= 4 is 11.8 Å². The monoisotopic (exact) mass is 613 g/mol. The summed E-state index contributed by atoms with van der Waals surface area (Å²) >= 11 is 1.97. The molecule has 4 aromatic carbocycles. The van der Waals surface area contributed by atoms with Crippen molar-refractivity contribution in [2.24, 2.45) is 0 Å². The molecular weight excluding hydrogens is 571 g/mol. The quantitative estimate of drug-likeness (QED) is 0.106. The molecule has 0 amide bonds. The van der Waals surface area contributed by atoms with Crippen LogP contribution in [0.15, 0.2) is 128 Å². The fourth-order valence-corrected chi connectivity index (χ4v) is 7.98. The molecule has 5 aromatic rings. The van der Waals surface area contributed by atoms with Gasteiger partial charge < -0.3 is 9.84 Å². The Hall–Kier alpha value is -4.02. The molecule has 0 spiro atoms. The van der Waals surface area contributed by atoms with Gasteiger partial charge in [-0.3, -0.25) is 4.98 Å². The number of ether oxygens (including phenoxy) is 1.